The molecule has 0 heterocycles. The first-order valence-corrected chi connectivity index (χ1v) is 12.6. The van der Waals surface area contributed by atoms with E-state index in [-0.39, 0.29) is 6.61 Å². The Labute approximate surface area is 169 Å². The number of thioether (sulfide) groups is 1. The Kier molecular flexibility index (Phi) is 12.1. The SMILES string of the molecule is CCCCCCOP(=O)([O-])N/C(CCC)=C(/C)SCc1ccccc1CC. The van der Waals surface area contributed by atoms with Gasteiger partial charge in [0.1, 0.15) is 0 Å². The standard InChI is InChI=1S/C21H36NO3PS/c1-5-8-9-12-16-25-26(23,24)22-21(13-6-2)18(4)27-17-20-15-11-10-14-19(20)7-3/h10-11,14-15H,5-9,12-13,16-17H2,1-4H3,(H2,22,23,24)/p-1/b21-18-. The van der Waals surface area contributed by atoms with Crippen LogP contribution in [0.1, 0.15) is 77.3 Å². The minimum Gasteiger partial charge on any atom is -0.762 e. The van der Waals surface area contributed by atoms with Crippen LogP contribution in [-0.4, -0.2) is 6.61 Å². The Balaban J connectivity index is 2.69. The molecule has 1 N–H and O–H groups in total. The highest BCUT2D eigenvalue weighted by Gasteiger charge is 2.13. The molecule has 0 aliphatic rings. The first-order valence-electron chi connectivity index (χ1n) is 10.1. The van der Waals surface area contributed by atoms with E-state index in [0.717, 1.165) is 54.9 Å². The number of hydrogen-bond acceptors (Lipinski definition) is 4. The highest BCUT2D eigenvalue weighted by Crippen LogP contribution is 2.37. The van der Waals surface area contributed by atoms with Crippen molar-refractivity contribution < 1.29 is 14.0 Å². The number of unbranched alkanes of at least 4 members (excludes halogenated alkanes) is 3. The quantitative estimate of drug-likeness (QED) is 0.292. The van der Waals surface area contributed by atoms with Crippen LogP contribution < -0.4 is 9.98 Å². The van der Waals surface area contributed by atoms with Crippen LogP contribution in [-0.2, 0) is 21.3 Å². The Morgan fingerprint density at radius 1 is 1.11 bits per heavy atom. The van der Waals surface area contributed by atoms with Crippen LogP contribution in [0.25, 0.3) is 0 Å². The van der Waals surface area contributed by atoms with Crippen LogP contribution >= 0.6 is 19.5 Å². The summed E-state index contributed by atoms with van der Waals surface area (Å²) < 4.78 is 17.4. The average molecular weight is 413 g/mol. The molecule has 0 spiro atoms. The second kappa shape index (κ2) is 13.4. The predicted octanol–water partition coefficient (Wildman–Crippen LogP) is 6.17. The maximum absolute atomic E-state index is 12.3. The van der Waals surface area contributed by atoms with Gasteiger partial charge in [-0.2, -0.15) is 0 Å². The van der Waals surface area contributed by atoms with Crippen LogP contribution in [0.5, 0.6) is 0 Å². The van der Waals surface area contributed by atoms with E-state index < -0.39 is 7.75 Å². The topological polar surface area (TPSA) is 61.4 Å². The minimum absolute atomic E-state index is 0.253. The van der Waals surface area contributed by atoms with E-state index in [1.54, 1.807) is 11.8 Å². The third-order valence-corrected chi connectivity index (χ3v) is 6.60. The normalized spacial score (nSPS) is 14.6. The van der Waals surface area contributed by atoms with Crippen molar-refractivity contribution in [3.05, 3.63) is 46.0 Å². The van der Waals surface area contributed by atoms with E-state index in [9.17, 15) is 9.46 Å². The molecule has 1 rings (SSSR count). The molecule has 0 radical (unpaired) electrons. The molecular weight excluding hydrogens is 377 g/mol. The Hall–Kier alpha value is -0.740. The van der Waals surface area contributed by atoms with E-state index in [4.69, 9.17) is 4.52 Å². The lowest BCUT2D eigenvalue weighted by molar-refractivity contribution is -0.201. The minimum atomic E-state index is -4.06. The highest BCUT2D eigenvalue weighted by atomic mass is 32.2. The molecule has 0 saturated heterocycles. The number of benzene rings is 1. The van der Waals surface area contributed by atoms with E-state index >= 15 is 0 Å². The van der Waals surface area contributed by atoms with E-state index in [1.807, 2.05) is 13.8 Å². The fraction of sp³-hybridized carbons (Fsp3) is 0.619. The molecule has 0 bridgehead atoms. The predicted molar refractivity (Wildman–Crippen MR) is 116 cm³/mol. The molecule has 1 unspecified atom stereocenters. The number of hydrogen-bond donors (Lipinski definition) is 1. The molecule has 4 nitrogen and oxygen atoms in total. The molecule has 6 heteroatoms. The van der Waals surface area contributed by atoms with Crippen molar-refractivity contribution in [2.45, 2.75) is 78.4 Å². The molecule has 0 aliphatic carbocycles. The lowest BCUT2D eigenvalue weighted by Gasteiger charge is -2.27. The molecule has 0 aromatic heterocycles. The van der Waals surface area contributed by atoms with Crippen molar-refractivity contribution in [1.29, 1.82) is 0 Å². The lowest BCUT2D eigenvalue weighted by atomic mass is 10.1. The van der Waals surface area contributed by atoms with Crippen molar-refractivity contribution in [2.24, 2.45) is 0 Å². The van der Waals surface area contributed by atoms with Gasteiger partial charge in [0.25, 0.3) is 0 Å². The summed E-state index contributed by atoms with van der Waals surface area (Å²) in [6.45, 7) is 8.57. The number of allylic oxidation sites excluding steroid dienone is 2. The van der Waals surface area contributed by atoms with Gasteiger partial charge in [0.05, 0.1) is 6.61 Å². The number of rotatable bonds is 14. The largest absolute Gasteiger partial charge is 0.762 e. The first-order chi connectivity index (χ1) is 12.9. The molecule has 0 aliphatic heterocycles. The van der Waals surface area contributed by atoms with Gasteiger partial charge in [-0.1, -0.05) is 70.7 Å². The van der Waals surface area contributed by atoms with Crippen molar-refractivity contribution in [1.82, 2.24) is 5.09 Å². The molecule has 154 valence electrons. The second-order valence-electron chi connectivity index (χ2n) is 6.70. The zero-order chi connectivity index (χ0) is 20.1. The van der Waals surface area contributed by atoms with Crippen LogP contribution in [0.3, 0.4) is 0 Å². The highest BCUT2D eigenvalue weighted by molar-refractivity contribution is 8.02. The Bertz CT molecular complexity index is 634. The van der Waals surface area contributed by atoms with Gasteiger partial charge in [0, 0.05) is 16.4 Å². The molecule has 0 saturated carbocycles. The van der Waals surface area contributed by atoms with E-state index in [0.29, 0.717) is 6.42 Å². The summed E-state index contributed by atoms with van der Waals surface area (Å²) in [5.41, 5.74) is 3.40. The summed E-state index contributed by atoms with van der Waals surface area (Å²) in [4.78, 5) is 13.3. The summed E-state index contributed by atoms with van der Waals surface area (Å²) >= 11 is 1.68. The van der Waals surface area contributed by atoms with Gasteiger partial charge in [-0.3, -0.25) is 4.57 Å². The maximum atomic E-state index is 12.3. The van der Waals surface area contributed by atoms with Gasteiger partial charge in [0.15, 0.2) is 0 Å². The molecular formula is C21H35NO3PS-. The molecule has 27 heavy (non-hydrogen) atoms. The van der Waals surface area contributed by atoms with Gasteiger partial charge in [0.2, 0.25) is 7.75 Å². The monoisotopic (exact) mass is 412 g/mol. The zero-order valence-corrected chi connectivity index (χ0v) is 19.0. The first kappa shape index (κ1) is 24.3. The van der Waals surface area contributed by atoms with Gasteiger partial charge < -0.3 is 14.5 Å². The van der Waals surface area contributed by atoms with Gasteiger partial charge in [-0.25, -0.2) is 0 Å². The molecule has 1 aromatic rings. The summed E-state index contributed by atoms with van der Waals surface area (Å²) in [6, 6.07) is 8.41. The third-order valence-electron chi connectivity index (χ3n) is 4.40. The molecule has 0 fully saturated rings. The van der Waals surface area contributed by atoms with E-state index in [1.165, 1.54) is 11.1 Å². The summed E-state index contributed by atoms with van der Waals surface area (Å²) in [5.74, 6) is 0.839. The van der Waals surface area contributed by atoms with Crippen LogP contribution in [0.4, 0.5) is 0 Å². The summed E-state index contributed by atoms with van der Waals surface area (Å²) in [5, 5.41) is 2.69. The second-order valence-corrected chi connectivity index (χ2v) is 9.37. The average Bonchev–Trinajstić information content (AvgIpc) is 2.65. The fourth-order valence-electron chi connectivity index (χ4n) is 2.79. The van der Waals surface area contributed by atoms with Crippen molar-refractivity contribution in [3.8, 4) is 0 Å². The lowest BCUT2D eigenvalue weighted by Crippen LogP contribution is -2.22. The third kappa shape index (κ3) is 9.84. The van der Waals surface area contributed by atoms with Crippen LogP contribution in [0, 0.1) is 0 Å². The summed E-state index contributed by atoms with van der Waals surface area (Å²) in [6.07, 6.45) is 6.57. The molecule has 1 aromatic carbocycles. The van der Waals surface area contributed by atoms with Crippen molar-refractivity contribution in [2.75, 3.05) is 6.61 Å². The number of aryl methyl sites for hydroxylation is 1. The fourth-order valence-corrected chi connectivity index (χ4v) is 4.89. The zero-order valence-electron chi connectivity index (χ0n) is 17.3. The van der Waals surface area contributed by atoms with Gasteiger partial charge >= 0.3 is 0 Å². The van der Waals surface area contributed by atoms with Gasteiger partial charge in [-0.05, 0) is 37.3 Å². The smallest absolute Gasteiger partial charge is 0.229 e. The van der Waals surface area contributed by atoms with Crippen molar-refractivity contribution in [3.63, 3.8) is 0 Å². The van der Waals surface area contributed by atoms with Crippen LogP contribution in [0.15, 0.2) is 34.9 Å². The van der Waals surface area contributed by atoms with Gasteiger partial charge in [-0.15, -0.1) is 11.8 Å². The molecule has 0 amide bonds. The number of nitrogens with one attached hydrogen (secondary N) is 1. The molecule has 1 atom stereocenters. The van der Waals surface area contributed by atoms with Crippen molar-refractivity contribution >= 4 is 19.5 Å². The maximum Gasteiger partial charge on any atom is 0.229 e. The summed E-state index contributed by atoms with van der Waals surface area (Å²) in [7, 11) is -4.06. The Morgan fingerprint density at radius 2 is 1.81 bits per heavy atom. The Morgan fingerprint density at radius 3 is 2.44 bits per heavy atom. The van der Waals surface area contributed by atoms with E-state index in [2.05, 4.69) is 43.2 Å². The van der Waals surface area contributed by atoms with Crippen LogP contribution in [0.2, 0.25) is 0 Å².